The van der Waals surface area contributed by atoms with E-state index in [-0.39, 0.29) is 43.0 Å². The Morgan fingerprint density at radius 3 is 1.89 bits per heavy atom. The van der Waals surface area contributed by atoms with Crippen LogP contribution >= 0.6 is 0 Å². The first-order chi connectivity index (χ1) is 22.1. The zero-order valence-corrected chi connectivity index (χ0v) is 25.8. The number of hydrogen-bond donors (Lipinski definition) is 2. The fraction of sp³-hybridized carbons (Fsp3) is 0.364. The van der Waals surface area contributed by atoms with E-state index < -0.39 is 47.1 Å². The van der Waals surface area contributed by atoms with Gasteiger partial charge in [0, 0.05) is 24.1 Å². The summed E-state index contributed by atoms with van der Waals surface area (Å²) in [4.78, 5) is 37.6. The standard InChI is InChI=1S/C33H34F6N2O6/c1-4-17-31(23-10-13-25(14-11-23)47-33(37,38)39,20-41-30(44)26-15-12-24(32(34,35)36)19-27(26)45-3)22-8-6-21(7-9-22)29(43)40-18-16-28(42)46-5-2/h6-15,19H,4-5,16-18,20H2,1-3H3,(H,40,43)(H,41,44). The molecule has 0 radical (unpaired) electrons. The first-order valence-corrected chi connectivity index (χ1v) is 14.6. The van der Waals surface area contributed by atoms with Gasteiger partial charge in [-0.1, -0.05) is 37.6 Å². The topological polar surface area (TPSA) is 103 Å². The van der Waals surface area contributed by atoms with Gasteiger partial charge in [-0.25, -0.2) is 0 Å². The summed E-state index contributed by atoms with van der Waals surface area (Å²) in [5.74, 6) is -2.43. The fourth-order valence-corrected chi connectivity index (χ4v) is 5.09. The second kappa shape index (κ2) is 15.7. The smallest absolute Gasteiger partial charge is 0.496 e. The summed E-state index contributed by atoms with van der Waals surface area (Å²) in [7, 11) is 1.13. The fourth-order valence-electron chi connectivity index (χ4n) is 5.09. The van der Waals surface area contributed by atoms with Crippen molar-refractivity contribution in [3.8, 4) is 11.5 Å². The first-order valence-electron chi connectivity index (χ1n) is 14.6. The van der Waals surface area contributed by atoms with Crippen LogP contribution in [-0.4, -0.2) is 51.0 Å². The molecule has 2 N–H and O–H groups in total. The summed E-state index contributed by atoms with van der Waals surface area (Å²) in [5, 5.41) is 5.38. The molecular weight excluding hydrogens is 634 g/mol. The number of rotatable bonds is 14. The van der Waals surface area contributed by atoms with E-state index in [2.05, 4.69) is 15.4 Å². The van der Waals surface area contributed by atoms with E-state index in [1.165, 1.54) is 24.3 Å². The van der Waals surface area contributed by atoms with Crippen LogP contribution in [0, 0.1) is 0 Å². The molecule has 1 unspecified atom stereocenters. The van der Waals surface area contributed by atoms with Gasteiger partial charge in [-0.05, 0) is 66.9 Å². The van der Waals surface area contributed by atoms with E-state index in [1.54, 1.807) is 19.1 Å². The van der Waals surface area contributed by atoms with E-state index >= 15 is 0 Å². The van der Waals surface area contributed by atoms with Crippen LogP contribution in [0.5, 0.6) is 11.5 Å². The molecule has 0 aliphatic rings. The molecule has 254 valence electrons. The molecule has 0 fully saturated rings. The van der Waals surface area contributed by atoms with Crippen molar-refractivity contribution in [2.45, 2.75) is 51.1 Å². The Balaban J connectivity index is 1.97. The lowest BCUT2D eigenvalue weighted by molar-refractivity contribution is -0.274. The molecule has 0 aliphatic carbocycles. The maximum absolute atomic E-state index is 13.3. The van der Waals surface area contributed by atoms with Crippen molar-refractivity contribution in [2.24, 2.45) is 0 Å². The third-order valence-electron chi connectivity index (χ3n) is 7.26. The molecule has 14 heteroatoms. The highest BCUT2D eigenvalue weighted by atomic mass is 19.4. The van der Waals surface area contributed by atoms with E-state index in [9.17, 15) is 40.7 Å². The van der Waals surface area contributed by atoms with Crippen LogP contribution < -0.4 is 20.1 Å². The van der Waals surface area contributed by atoms with E-state index in [4.69, 9.17) is 9.47 Å². The minimum atomic E-state index is -4.91. The molecule has 0 heterocycles. The number of carbonyl (C=O) groups is 3. The predicted molar refractivity (Wildman–Crippen MR) is 159 cm³/mol. The van der Waals surface area contributed by atoms with Crippen LogP contribution in [0.15, 0.2) is 66.7 Å². The minimum Gasteiger partial charge on any atom is -0.496 e. The van der Waals surface area contributed by atoms with Crippen LogP contribution in [0.2, 0.25) is 0 Å². The van der Waals surface area contributed by atoms with Gasteiger partial charge in [0.2, 0.25) is 0 Å². The molecule has 3 rings (SSSR count). The van der Waals surface area contributed by atoms with Gasteiger partial charge >= 0.3 is 18.5 Å². The second-order valence-corrected chi connectivity index (χ2v) is 10.4. The normalized spacial score (nSPS) is 12.9. The Labute approximate surface area is 267 Å². The first kappa shape index (κ1) is 36.7. The van der Waals surface area contributed by atoms with Crippen LogP contribution in [0.4, 0.5) is 26.3 Å². The molecule has 47 heavy (non-hydrogen) atoms. The molecule has 0 bridgehead atoms. The summed E-state index contributed by atoms with van der Waals surface area (Å²) in [5.41, 5.74) is -0.881. The number of benzene rings is 3. The van der Waals surface area contributed by atoms with Crippen LogP contribution in [0.3, 0.4) is 0 Å². The Hall–Kier alpha value is -4.75. The number of ether oxygens (including phenoxy) is 3. The highest BCUT2D eigenvalue weighted by Crippen LogP contribution is 2.39. The third-order valence-corrected chi connectivity index (χ3v) is 7.26. The number of methoxy groups -OCH3 is 1. The zero-order chi connectivity index (χ0) is 34.8. The second-order valence-electron chi connectivity index (χ2n) is 10.4. The number of hydrogen-bond acceptors (Lipinski definition) is 6. The molecule has 0 saturated carbocycles. The molecule has 3 aromatic carbocycles. The maximum atomic E-state index is 13.3. The van der Waals surface area contributed by atoms with Crippen LogP contribution in [0.1, 0.15) is 70.5 Å². The number of carbonyl (C=O) groups excluding carboxylic acids is 3. The molecule has 8 nitrogen and oxygen atoms in total. The molecule has 0 saturated heterocycles. The Morgan fingerprint density at radius 1 is 0.766 bits per heavy atom. The molecule has 2 amide bonds. The number of nitrogens with one attached hydrogen (secondary N) is 2. The summed E-state index contributed by atoms with van der Waals surface area (Å²) < 4.78 is 92.2. The van der Waals surface area contributed by atoms with E-state index in [0.29, 0.717) is 30.0 Å². The van der Waals surface area contributed by atoms with Crippen molar-refractivity contribution >= 4 is 17.8 Å². The summed E-state index contributed by atoms with van der Waals surface area (Å²) >= 11 is 0. The van der Waals surface area contributed by atoms with Gasteiger partial charge in [0.1, 0.15) is 11.5 Å². The van der Waals surface area contributed by atoms with E-state index in [0.717, 1.165) is 31.4 Å². The lowest BCUT2D eigenvalue weighted by Crippen LogP contribution is -2.42. The minimum absolute atomic E-state index is 0.0191. The zero-order valence-electron chi connectivity index (χ0n) is 25.8. The lowest BCUT2D eigenvalue weighted by Gasteiger charge is -2.36. The van der Waals surface area contributed by atoms with Gasteiger partial charge in [-0.2, -0.15) is 13.2 Å². The summed E-state index contributed by atoms with van der Waals surface area (Å²) in [6.45, 7) is 3.66. The average Bonchev–Trinajstić information content (AvgIpc) is 3.02. The largest absolute Gasteiger partial charge is 0.573 e. The molecule has 1 atom stereocenters. The quantitative estimate of drug-likeness (QED) is 0.145. The Bertz CT molecular complexity index is 1520. The van der Waals surface area contributed by atoms with Crippen molar-refractivity contribution in [3.05, 3.63) is 94.5 Å². The van der Waals surface area contributed by atoms with Gasteiger partial charge in [-0.15, -0.1) is 13.2 Å². The number of amides is 2. The lowest BCUT2D eigenvalue weighted by atomic mass is 9.71. The molecule has 0 spiro atoms. The van der Waals surface area contributed by atoms with Crippen molar-refractivity contribution in [1.29, 1.82) is 0 Å². The highest BCUT2D eigenvalue weighted by molar-refractivity contribution is 5.97. The van der Waals surface area contributed by atoms with Crippen molar-refractivity contribution < 1.29 is 54.9 Å². The SMILES string of the molecule is CCCC(CNC(=O)c1ccc(C(F)(F)F)cc1OC)(c1ccc(OC(F)(F)F)cc1)c1ccc(C(=O)NCCC(=O)OCC)cc1. The Morgan fingerprint density at radius 2 is 1.36 bits per heavy atom. The predicted octanol–water partition coefficient (Wildman–Crippen LogP) is 6.81. The highest BCUT2D eigenvalue weighted by Gasteiger charge is 2.36. The Kier molecular flexibility index (Phi) is 12.3. The number of esters is 1. The maximum Gasteiger partial charge on any atom is 0.573 e. The molecule has 3 aromatic rings. The summed E-state index contributed by atoms with van der Waals surface area (Å²) in [6, 6.07) is 13.9. The van der Waals surface area contributed by atoms with Gasteiger partial charge in [0.15, 0.2) is 0 Å². The van der Waals surface area contributed by atoms with Crippen LogP contribution in [0.25, 0.3) is 0 Å². The van der Waals surface area contributed by atoms with E-state index in [1.807, 2.05) is 6.92 Å². The molecule has 0 aliphatic heterocycles. The van der Waals surface area contributed by atoms with Gasteiger partial charge in [0.25, 0.3) is 11.8 Å². The van der Waals surface area contributed by atoms with Crippen LogP contribution in [-0.2, 0) is 21.1 Å². The van der Waals surface area contributed by atoms with Crippen molar-refractivity contribution in [1.82, 2.24) is 10.6 Å². The number of alkyl halides is 6. The van der Waals surface area contributed by atoms with Crippen molar-refractivity contribution in [3.63, 3.8) is 0 Å². The number of halogens is 6. The van der Waals surface area contributed by atoms with Gasteiger partial charge in [0.05, 0.1) is 31.3 Å². The third kappa shape index (κ3) is 9.87. The average molecular weight is 669 g/mol. The molecular formula is C33H34F6N2O6. The van der Waals surface area contributed by atoms with Gasteiger partial charge in [-0.3, -0.25) is 14.4 Å². The van der Waals surface area contributed by atoms with Crippen molar-refractivity contribution in [2.75, 3.05) is 26.8 Å². The molecule has 0 aromatic heterocycles. The van der Waals surface area contributed by atoms with Gasteiger partial charge < -0.3 is 24.8 Å². The monoisotopic (exact) mass is 668 g/mol. The summed E-state index contributed by atoms with van der Waals surface area (Å²) in [6.07, 6.45) is -8.69.